The minimum absolute atomic E-state index is 0.0216. The highest BCUT2D eigenvalue weighted by Crippen LogP contribution is 2.24. The van der Waals surface area contributed by atoms with E-state index in [2.05, 4.69) is 10.1 Å². The fourth-order valence-corrected chi connectivity index (χ4v) is 3.44. The van der Waals surface area contributed by atoms with Gasteiger partial charge < -0.3 is 15.0 Å². The van der Waals surface area contributed by atoms with Crippen LogP contribution in [0.1, 0.15) is 39.0 Å². The first-order chi connectivity index (χ1) is 13.6. The van der Waals surface area contributed by atoms with Crippen LogP contribution >= 0.6 is 0 Å². The van der Waals surface area contributed by atoms with Gasteiger partial charge in [0.25, 0.3) is 0 Å². The Morgan fingerprint density at radius 3 is 2.28 bits per heavy atom. The number of nitrogens with one attached hydrogen (secondary N) is 1. The molecule has 0 unspecified atom stereocenters. The molecular weight excluding hydrogens is 387 g/mol. The molecular formula is C20H28F3N3O3. The van der Waals surface area contributed by atoms with Crippen LogP contribution in [0.25, 0.3) is 0 Å². The highest BCUT2D eigenvalue weighted by Gasteiger charge is 2.31. The number of carbonyl (C=O) groups is 2. The van der Waals surface area contributed by atoms with Gasteiger partial charge in [0.05, 0.1) is 12.6 Å². The van der Waals surface area contributed by atoms with Gasteiger partial charge in [0, 0.05) is 18.8 Å². The number of hydrogen-bond acceptors (Lipinski definition) is 4. The number of halogens is 3. The van der Waals surface area contributed by atoms with Crippen LogP contribution in [0.15, 0.2) is 24.3 Å². The predicted molar refractivity (Wildman–Crippen MR) is 103 cm³/mol. The fraction of sp³-hybridized carbons (Fsp3) is 0.600. The number of carbonyl (C=O) groups excluding carboxylic acids is 2. The lowest BCUT2D eigenvalue weighted by molar-refractivity contribution is -0.274. The first-order valence-electron chi connectivity index (χ1n) is 9.69. The lowest BCUT2D eigenvalue weighted by atomic mass is 9.94. The van der Waals surface area contributed by atoms with Crippen LogP contribution < -0.4 is 10.1 Å². The summed E-state index contributed by atoms with van der Waals surface area (Å²) in [6.45, 7) is 1.74. The molecule has 0 aliphatic heterocycles. The molecule has 0 saturated heterocycles. The van der Waals surface area contributed by atoms with Crippen molar-refractivity contribution in [2.45, 2.75) is 57.5 Å². The number of anilines is 1. The number of rotatable bonds is 7. The molecule has 9 heteroatoms. The van der Waals surface area contributed by atoms with E-state index in [9.17, 15) is 22.8 Å². The summed E-state index contributed by atoms with van der Waals surface area (Å²) in [5, 5.41) is 2.61. The lowest BCUT2D eigenvalue weighted by Crippen LogP contribution is -2.49. The molecule has 162 valence electrons. The highest BCUT2D eigenvalue weighted by atomic mass is 19.4. The van der Waals surface area contributed by atoms with Gasteiger partial charge in [0.2, 0.25) is 11.8 Å². The molecule has 1 aromatic rings. The van der Waals surface area contributed by atoms with E-state index in [0.29, 0.717) is 5.69 Å². The Labute approximate surface area is 169 Å². The van der Waals surface area contributed by atoms with Gasteiger partial charge in [0.15, 0.2) is 0 Å². The zero-order valence-corrected chi connectivity index (χ0v) is 17.0. The van der Waals surface area contributed by atoms with Crippen LogP contribution in [0.5, 0.6) is 5.75 Å². The zero-order valence-electron chi connectivity index (χ0n) is 17.0. The van der Waals surface area contributed by atoms with E-state index >= 15 is 0 Å². The second kappa shape index (κ2) is 9.96. The summed E-state index contributed by atoms with van der Waals surface area (Å²) in [7, 11) is 3.50. The number of hydrogen-bond donors (Lipinski definition) is 1. The minimum atomic E-state index is -4.76. The van der Waals surface area contributed by atoms with Crippen LogP contribution in [-0.4, -0.2) is 60.7 Å². The third-order valence-corrected chi connectivity index (χ3v) is 5.25. The van der Waals surface area contributed by atoms with Crippen molar-refractivity contribution < 1.29 is 27.5 Å². The highest BCUT2D eigenvalue weighted by molar-refractivity contribution is 5.92. The molecule has 0 heterocycles. The van der Waals surface area contributed by atoms with Crippen LogP contribution in [-0.2, 0) is 9.59 Å². The molecule has 1 aliphatic carbocycles. The van der Waals surface area contributed by atoms with Gasteiger partial charge in [0.1, 0.15) is 5.75 Å². The van der Waals surface area contributed by atoms with Gasteiger partial charge in [-0.1, -0.05) is 19.3 Å². The Kier molecular flexibility index (Phi) is 7.89. The molecule has 6 nitrogen and oxygen atoms in total. The van der Waals surface area contributed by atoms with Crippen molar-refractivity contribution in [2.75, 3.05) is 26.0 Å². The van der Waals surface area contributed by atoms with Crippen molar-refractivity contribution >= 4 is 17.5 Å². The van der Waals surface area contributed by atoms with E-state index in [1.807, 2.05) is 7.05 Å². The van der Waals surface area contributed by atoms with Gasteiger partial charge in [-0.2, -0.15) is 0 Å². The average Bonchev–Trinajstić information content (AvgIpc) is 2.67. The number of likely N-dealkylation sites (N-methyl/N-ethyl adjacent to an activating group) is 2. The Balaban J connectivity index is 1.85. The third kappa shape index (κ3) is 7.23. The predicted octanol–water partition coefficient (Wildman–Crippen LogP) is 3.64. The number of benzene rings is 1. The molecule has 29 heavy (non-hydrogen) atoms. The Bertz CT molecular complexity index is 688. The van der Waals surface area contributed by atoms with E-state index in [4.69, 9.17) is 0 Å². The van der Waals surface area contributed by atoms with Crippen molar-refractivity contribution in [3.8, 4) is 5.75 Å². The van der Waals surface area contributed by atoms with Gasteiger partial charge >= 0.3 is 6.36 Å². The molecule has 1 aliphatic rings. The Morgan fingerprint density at radius 2 is 1.72 bits per heavy atom. The fourth-order valence-electron chi connectivity index (χ4n) is 3.44. The van der Waals surface area contributed by atoms with Crippen molar-refractivity contribution in [3.63, 3.8) is 0 Å². The topological polar surface area (TPSA) is 61.9 Å². The summed E-state index contributed by atoms with van der Waals surface area (Å²) in [6, 6.07) is 4.68. The summed E-state index contributed by atoms with van der Waals surface area (Å²) < 4.78 is 40.3. The monoisotopic (exact) mass is 415 g/mol. The van der Waals surface area contributed by atoms with Gasteiger partial charge in [-0.05, 0) is 51.1 Å². The van der Waals surface area contributed by atoms with Crippen LogP contribution in [0.3, 0.4) is 0 Å². The maximum atomic E-state index is 12.7. The molecule has 1 atom stereocenters. The molecule has 1 N–H and O–H groups in total. The standard InChI is InChI=1S/C20H28F3N3O3/c1-14(19(28)26(3)16-7-5-4-6-8-16)25(2)13-18(27)24-15-9-11-17(12-10-15)29-20(21,22)23/h9-12,14,16H,4-8,13H2,1-3H3,(H,24,27)/t14-/m0/s1. The molecule has 2 rings (SSSR count). The van der Waals surface area contributed by atoms with Gasteiger partial charge in [-0.25, -0.2) is 0 Å². The normalized spacial score (nSPS) is 16.4. The summed E-state index contributed by atoms with van der Waals surface area (Å²) >= 11 is 0. The van der Waals surface area contributed by atoms with Crippen molar-refractivity contribution in [3.05, 3.63) is 24.3 Å². The number of ether oxygens (including phenoxy) is 1. The second-order valence-corrected chi connectivity index (χ2v) is 7.45. The van der Waals surface area contributed by atoms with E-state index in [1.54, 1.807) is 23.8 Å². The van der Waals surface area contributed by atoms with Crippen LogP contribution in [0, 0.1) is 0 Å². The smallest absolute Gasteiger partial charge is 0.406 e. The van der Waals surface area contributed by atoms with Gasteiger partial charge in [-0.15, -0.1) is 13.2 Å². The molecule has 1 saturated carbocycles. The first kappa shape index (κ1) is 23.0. The average molecular weight is 415 g/mol. The van der Waals surface area contributed by atoms with Crippen LogP contribution in [0.2, 0.25) is 0 Å². The largest absolute Gasteiger partial charge is 0.573 e. The first-order valence-corrected chi connectivity index (χ1v) is 9.69. The molecule has 2 amide bonds. The summed E-state index contributed by atoms with van der Waals surface area (Å²) in [6.07, 6.45) is 0.711. The van der Waals surface area contributed by atoms with Crippen LogP contribution in [0.4, 0.5) is 18.9 Å². The summed E-state index contributed by atoms with van der Waals surface area (Å²) in [5.41, 5.74) is 0.344. The van der Waals surface area contributed by atoms with Crippen molar-refractivity contribution in [1.82, 2.24) is 9.80 Å². The molecule has 0 bridgehead atoms. The quantitative estimate of drug-likeness (QED) is 0.739. The SMILES string of the molecule is C[C@@H](C(=O)N(C)C1CCCCC1)N(C)CC(=O)Nc1ccc(OC(F)(F)F)cc1. The summed E-state index contributed by atoms with van der Waals surface area (Å²) in [5.74, 6) is -0.754. The molecule has 1 aromatic carbocycles. The summed E-state index contributed by atoms with van der Waals surface area (Å²) in [4.78, 5) is 28.4. The molecule has 0 radical (unpaired) electrons. The van der Waals surface area contributed by atoms with Crippen molar-refractivity contribution in [2.24, 2.45) is 0 Å². The van der Waals surface area contributed by atoms with Crippen molar-refractivity contribution in [1.29, 1.82) is 0 Å². The minimum Gasteiger partial charge on any atom is -0.406 e. The third-order valence-electron chi connectivity index (χ3n) is 5.25. The number of alkyl halides is 3. The van der Waals surface area contributed by atoms with Gasteiger partial charge in [-0.3, -0.25) is 14.5 Å². The Morgan fingerprint density at radius 1 is 1.14 bits per heavy atom. The molecule has 0 spiro atoms. The van der Waals surface area contributed by atoms with E-state index < -0.39 is 12.4 Å². The maximum absolute atomic E-state index is 12.7. The molecule has 0 aromatic heterocycles. The van der Waals surface area contributed by atoms with E-state index in [-0.39, 0.29) is 30.2 Å². The lowest BCUT2D eigenvalue weighted by Gasteiger charge is -2.35. The van der Waals surface area contributed by atoms with E-state index in [1.165, 1.54) is 18.6 Å². The van der Waals surface area contributed by atoms with E-state index in [0.717, 1.165) is 37.8 Å². The number of nitrogens with zero attached hydrogens (tertiary/aromatic N) is 2. The maximum Gasteiger partial charge on any atom is 0.573 e. The molecule has 1 fully saturated rings. The number of amides is 2. The zero-order chi connectivity index (χ0) is 21.6. The Hall–Kier alpha value is -2.29. The second-order valence-electron chi connectivity index (χ2n) is 7.45.